The van der Waals surface area contributed by atoms with Crippen LogP contribution in [0.1, 0.15) is 28.8 Å². The van der Waals surface area contributed by atoms with Gasteiger partial charge in [0.1, 0.15) is 24.1 Å². The highest BCUT2D eigenvalue weighted by Crippen LogP contribution is 2.25. The Morgan fingerprint density at radius 1 is 0.848 bits per heavy atom. The van der Waals surface area contributed by atoms with Crippen LogP contribution in [0.5, 0.6) is 11.5 Å². The third kappa shape index (κ3) is 7.21. The zero-order chi connectivity index (χ0) is 23.5. The predicted octanol–water partition coefficient (Wildman–Crippen LogP) is 4.91. The van der Waals surface area contributed by atoms with E-state index in [1.807, 2.05) is 42.5 Å². The minimum Gasteiger partial charge on any atom is -0.467 e. The molecule has 0 aliphatic heterocycles. The van der Waals surface area contributed by atoms with Crippen molar-refractivity contribution in [1.29, 1.82) is 0 Å². The van der Waals surface area contributed by atoms with E-state index in [0.717, 1.165) is 0 Å². The van der Waals surface area contributed by atoms with Crippen LogP contribution in [0.3, 0.4) is 0 Å². The van der Waals surface area contributed by atoms with Crippen LogP contribution in [0.4, 0.5) is 4.79 Å². The normalized spacial score (nSPS) is 11.2. The smallest absolute Gasteiger partial charge is 0.408 e. The van der Waals surface area contributed by atoms with Crippen LogP contribution in [0.2, 0.25) is 0 Å². The lowest BCUT2D eigenvalue weighted by Crippen LogP contribution is -2.42. The molecule has 7 heteroatoms. The number of hydrogen-bond acceptors (Lipinski definition) is 6. The Morgan fingerprint density at radius 2 is 1.48 bits per heavy atom. The van der Waals surface area contributed by atoms with E-state index >= 15 is 0 Å². The maximum absolute atomic E-state index is 12.4. The van der Waals surface area contributed by atoms with Gasteiger partial charge in [-0.2, -0.15) is 0 Å². The number of carbonyl (C=O) groups excluding carboxylic acids is 3. The van der Waals surface area contributed by atoms with Crippen LogP contribution in [-0.2, 0) is 20.9 Å². The predicted molar refractivity (Wildman–Crippen MR) is 122 cm³/mol. The zero-order valence-corrected chi connectivity index (χ0v) is 18.2. The Kier molecular flexibility index (Phi) is 8.59. The molecule has 0 saturated heterocycles. The number of ketones is 1. The molecule has 3 aromatic carbocycles. The first-order valence-corrected chi connectivity index (χ1v) is 10.5. The summed E-state index contributed by atoms with van der Waals surface area (Å²) in [6.45, 7) is -0.0638. The third-order valence-electron chi connectivity index (χ3n) is 4.84. The second-order valence-electron chi connectivity index (χ2n) is 7.15. The van der Waals surface area contributed by atoms with Crippen LogP contribution < -0.4 is 10.1 Å². The molecular formula is C26H25NO6. The summed E-state index contributed by atoms with van der Waals surface area (Å²) in [6, 6.07) is 24.2. The number of hydrogen-bond donors (Lipinski definition) is 1. The lowest BCUT2D eigenvalue weighted by molar-refractivity contribution is -0.143. The fourth-order valence-corrected chi connectivity index (χ4v) is 3.10. The van der Waals surface area contributed by atoms with Crippen LogP contribution in [0.15, 0.2) is 84.9 Å². The number of ether oxygens (including phenoxy) is 3. The second kappa shape index (κ2) is 12.0. The number of benzene rings is 3. The fraction of sp³-hybridized carbons (Fsp3) is 0.192. The van der Waals surface area contributed by atoms with Gasteiger partial charge in [0.05, 0.1) is 7.11 Å². The molecule has 0 saturated carbocycles. The van der Waals surface area contributed by atoms with Crippen LogP contribution >= 0.6 is 0 Å². The molecule has 0 fully saturated rings. The van der Waals surface area contributed by atoms with Crippen molar-refractivity contribution in [3.05, 3.63) is 96.1 Å². The zero-order valence-electron chi connectivity index (χ0n) is 18.2. The number of carbonyl (C=O) groups is 3. The van der Waals surface area contributed by atoms with Gasteiger partial charge in [0.25, 0.3) is 0 Å². The van der Waals surface area contributed by atoms with Gasteiger partial charge in [-0.15, -0.1) is 0 Å². The number of alkyl carbamates (subject to hydrolysis) is 1. The molecule has 0 heterocycles. The van der Waals surface area contributed by atoms with Crippen molar-refractivity contribution >= 4 is 17.8 Å². The van der Waals surface area contributed by atoms with Gasteiger partial charge in [0, 0.05) is 17.5 Å². The molecule has 3 aromatic rings. The number of esters is 1. The number of methoxy groups -OCH3 is 1. The molecule has 33 heavy (non-hydrogen) atoms. The first-order valence-electron chi connectivity index (χ1n) is 10.5. The third-order valence-corrected chi connectivity index (χ3v) is 4.84. The molecule has 1 atom stereocenters. The number of nitrogens with one attached hydrogen (secondary N) is 1. The Hall–Kier alpha value is -4.13. The van der Waals surface area contributed by atoms with E-state index < -0.39 is 18.1 Å². The minimum atomic E-state index is -1.01. The Bertz CT molecular complexity index is 1070. The number of rotatable bonds is 10. The van der Waals surface area contributed by atoms with Crippen molar-refractivity contribution in [2.75, 3.05) is 7.11 Å². The van der Waals surface area contributed by atoms with Crippen LogP contribution in [0, 0.1) is 0 Å². The molecule has 0 bridgehead atoms. The molecule has 7 nitrogen and oxygen atoms in total. The molecule has 1 amide bonds. The summed E-state index contributed by atoms with van der Waals surface area (Å²) >= 11 is 0. The topological polar surface area (TPSA) is 90.9 Å². The average molecular weight is 447 g/mol. The Morgan fingerprint density at radius 3 is 2.18 bits per heavy atom. The maximum Gasteiger partial charge on any atom is 0.408 e. The van der Waals surface area contributed by atoms with E-state index in [0.29, 0.717) is 22.6 Å². The van der Waals surface area contributed by atoms with Gasteiger partial charge in [-0.3, -0.25) is 4.79 Å². The summed E-state index contributed by atoms with van der Waals surface area (Å²) in [5.41, 5.74) is 1.20. The van der Waals surface area contributed by atoms with E-state index in [9.17, 15) is 14.4 Å². The van der Waals surface area contributed by atoms with Crippen LogP contribution in [0.25, 0.3) is 0 Å². The molecule has 0 spiro atoms. The largest absolute Gasteiger partial charge is 0.467 e. The monoisotopic (exact) mass is 447 g/mol. The van der Waals surface area contributed by atoms with Crippen molar-refractivity contribution in [1.82, 2.24) is 5.32 Å². The average Bonchev–Trinajstić information content (AvgIpc) is 2.86. The highest BCUT2D eigenvalue weighted by Gasteiger charge is 2.23. The lowest BCUT2D eigenvalue weighted by atomic mass is 10.0. The van der Waals surface area contributed by atoms with E-state index in [4.69, 9.17) is 14.2 Å². The fourth-order valence-electron chi connectivity index (χ4n) is 3.10. The molecule has 170 valence electrons. The van der Waals surface area contributed by atoms with Gasteiger partial charge in [0.15, 0.2) is 5.78 Å². The first kappa shape index (κ1) is 23.5. The molecule has 0 aliphatic carbocycles. The van der Waals surface area contributed by atoms with Crippen molar-refractivity contribution in [3.63, 3.8) is 0 Å². The standard InChI is InChI=1S/C26H25NO6/c1-31-25(29)22(16-17-23(28)19-10-4-2-5-11-19)27-26(30)32-18-20-12-8-9-15-24(20)33-21-13-6-3-7-14-21/h2-15,22H,16-18H2,1H3,(H,27,30). The molecule has 1 N–H and O–H groups in total. The van der Waals surface area contributed by atoms with E-state index in [-0.39, 0.29) is 25.2 Å². The summed E-state index contributed by atoms with van der Waals surface area (Å²) in [5, 5.41) is 2.49. The number of amides is 1. The molecule has 0 aromatic heterocycles. The van der Waals surface area contributed by atoms with Gasteiger partial charge in [0.2, 0.25) is 0 Å². The van der Waals surface area contributed by atoms with Crippen molar-refractivity contribution < 1.29 is 28.6 Å². The molecule has 3 rings (SSSR count). The number of Topliss-reactive ketones (excluding diaryl/α,β-unsaturated/α-hetero) is 1. The Balaban J connectivity index is 1.56. The quantitative estimate of drug-likeness (QED) is 0.351. The van der Waals surface area contributed by atoms with Gasteiger partial charge in [-0.05, 0) is 24.6 Å². The van der Waals surface area contributed by atoms with Gasteiger partial charge in [-0.25, -0.2) is 9.59 Å². The summed E-state index contributed by atoms with van der Waals surface area (Å²) in [7, 11) is 1.22. The van der Waals surface area contributed by atoms with Gasteiger partial charge in [-0.1, -0.05) is 66.7 Å². The van der Waals surface area contributed by atoms with Crippen molar-refractivity contribution in [2.45, 2.75) is 25.5 Å². The molecule has 0 aliphatic rings. The van der Waals surface area contributed by atoms with E-state index in [2.05, 4.69) is 5.32 Å². The molecule has 0 radical (unpaired) electrons. The minimum absolute atomic E-state index is 0.0638. The highest BCUT2D eigenvalue weighted by molar-refractivity contribution is 5.96. The molecule has 1 unspecified atom stereocenters. The maximum atomic E-state index is 12.4. The second-order valence-corrected chi connectivity index (χ2v) is 7.15. The number of para-hydroxylation sites is 2. The lowest BCUT2D eigenvalue weighted by Gasteiger charge is -2.17. The highest BCUT2D eigenvalue weighted by atomic mass is 16.6. The van der Waals surface area contributed by atoms with Gasteiger partial charge < -0.3 is 19.5 Å². The summed E-state index contributed by atoms with van der Waals surface area (Å²) in [6.07, 6.45) is -0.645. The SMILES string of the molecule is COC(=O)C(CCC(=O)c1ccccc1)NC(=O)OCc1ccccc1Oc1ccccc1. The van der Waals surface area contributed by atoms with Crippen molar-refractivity contribution in [2.24, 2.45) is 0 Å². The first-order chi connectivity index (χ1) is 16.1. The van der Waals surface area contributed by atoms with Crippen molar-refractivity contribution in [3.8, 4) is 11.5 Å². The summed E-state index contributed by atoms with van der Waals surface area (Å²) < 4.78 is 15.9. The molecular weight excluding hydrogens is 422 g/mol. The van der Waals surface area contributed by atoms with Crippen LogP contribution in [-0.4, -0.2) is 31.0 Å². The van der Waals surface area contributed by atoms with Gasteiger partial charge >= 0.3 is 12.1 Å². The summed E-state index contributed by atoms with van der Waals surface area (Å²) in [4.78, 5) is 36.8. The van der Waals surface area contributed by atoms with E-state index in [1.54, 1.807) is 42.5 Å². The Labute approximate surface area is 192 Å². The summed E-state index contributed by atoms with van der Waals surface area (Å²) in [5.74, 6) is 0.421. The van der Waals surface area contributed by atoms with E-state index in [1.165, 1.54) is 7.11 Å².